The van der Waals surface area contributed by atoms with E-state index in [2.05, 4.69) is 10.3 Å². The van der Waals surface area contributed by atoms with Gasteiger partial charge in [0.25, 0.3) is 5.91 Å². The van der Waals surface area contributed by atoms with Crippen LogP contribution in [0.3, 0.4) is 0 Å². The highest BCUT2D eigenvalue weighted by atomic mass is 16.1. The predicted octanol–water partition coefficient (Wildman–Crippen LogP) is 2.75. The normalized spacial score (nSPS) is 10.5. The molecule has 3 aromatic rings. The van der Waals surface area contributed by atoms with Gasteiger partial charge in [-0.05, 0) is 17.7 Å². The Kier molecular flexibility index (Phi) is 3.51. The molecule has 0 saturated carbocycles. The lowest BCUT2D eigenvalue weighted by molar-refractivity contribution is 0.0946. The third-order valence-corrected chi connectivity index (χ3v) is 3.28. The number of para-hydroxylation sites is 1. The molecule has 4 nitrogen and oxygen atoms in total. The van der Waals surface area contributed by atoms with Gasteiger partial charge in [0.1, 0.15) is 5.69 Å². The zero-order valence-corrected chi connectivity index (χ0v) is 11.4. The second-order valence-electron chi connectivity index (χ2n) is 4.78. The second kappa shape index (κ2) is 5.63. The van der Waals surface area contributed by atoms with Crippen LogP contribution in [-0.4, -0.2) is 10.9 Å². The van der Waals surface area contributed by atoms with Crippen molar-refractivity contribution < 1.29 is 4.79 Å². The number of rotatable bonds is 3. The van der Waals surface area contributed by atoms with Crippen LogP contribution in [-0.2, 0) is 6.54 Å². The van der Waals surface area contributed by atoms with Gasteiger partial charge in [0.05, 0.1) is 5.52 Å². The molecule has 0 fully saturated rings. The fourth-order valence-electron chi connectivity index (χ4n) is 2.19. The molecule has 4 heteroatoms. The minimum Gasteiger partial charge on any atom is -0.398 e. The van der Waals surface area contributed by atoms with Crippen molar-refractivity contribution in [3.8, 4) is 0 Å². The molecule has 1 aromatic heterocycles. The van der Waals surface area contributed by atoms with Crippen molar-refractivity contribution in [2.24, 2.45) is 0 Å². The Morgan fingerprint density at radius 3 is 2.57 bits per heavy atom. The van der Waals surface area contributed by atoms with Crippen molar-refractivity contribution >= 4 is 22.5 Å². The maximum Gasteiger partial charge on any atom is 0.270 e. The summed E-state index contributed by atoms with van der Waals surface area (Å²) in [6.45, 7) is 0.466. The van der Waals surface area contributed by atoms with Crippen LogP contribution in [0.25, 0.3) is 10.9 Å². The van der Waals surface area contributed by atoms with Gasteiger partial charge in [-0.2, -0.15) is 0 Å². The molecule has 0 radical (unpaired) electrons. The lowest BCUT2D eigenvalue weighted by atomic mass is 10.1. The van der Waals surface area contributed by atoms with Crippen LogP contribution in [0.2, 0.25) is 0 Å². The molecular weight excluding hydrogens is 262 g/mol. The van der Waals surface area contributed by atoms with E-state index >= 15 is 0 Å². The first-order chi connectivity index (χ1) is 10.2. The van der Waals surface area contributed by atoms with E-state index in [4.69, 9.17) is 5.73 Å². The average Bonchev–Trinajstić information content (AvgIpc) is 2.53. The van der Waals surface area contributed by atoms with Gasteiger partial charge in [0.2, 0.25) is 0 Å². The summed E-state index contributed by atoms with van der Waals surface area (Å²) in [6.07, 6.45) is 0. The van der Waals surface area contributed by atoms with Gasteiger partial charge in [-0.1, -0.05) is 48.5 Å². The summed E-state index contributed by atoms with van der Waals surface area (Å²) in [7, 11) is 0. The number of hydrogen-bond acceptors (Lipinski definition) is 3. The molecule has 0 aliphatic rings. The van der Waals surface area contributed by atoms with Gasteiger partial charge in [-0.3, -0.25) is 4.79 Å². The van der Waals surface area contributed by atoms with Crippen LogP contribution < -0.4 is 11.1 Å². The molecule has 0 aliphatic heterocycles. The summed E-state index contributed by atoms with van der Waals surface area (Å²) < 4.78 is 0. The quantitative estimate of drug-likeness (QED) is 0.773. The van der Waals surface area contributed by atoms with E-state index in [1.54, 1.807) is 6.07 Å². The maximum atomic E-state index is 12.2. The Morgan fingerprint density at radius 1 is 1.05 bits per heavy atom. The highest BCUT2D eigenvalue weighted by Crippen LogP contribution is 2.19. The minimum absolute atomic E-state index is 0.226. The van der Waals surface area contributed by atoms with Crippen LogP contribution in [0.4, 0.5) is 5.69 Å². The minimum atomic E-state index is -0.226. The van der Waals surface area contributed by atoms with E-state index in [1.165, 1.54) is 0 Å². The third kappa shape index (κ3) is 2.84. The molecule has 0 bridgehead atoms. The van der Waals surface area contributed by atoms with Crippen LogP contribution in [0.5, 0.6) is 0 Å². The van der Waals surface area contributed by atoms with Crippen LogP contribution in [0.1, 0.15) is 16.1 Å². The first-order valence-corrected chi connectivity index (χ1v) is 6.71. The van der Waals surface area contributed by atoms with Gasteiger partial charge < -0.3 is 11.1 Å². The highest BCUT2D eigenvalue weighted by molar-refractivity contribution is 5.99. The number of carbonyl (C=O) groups is 1. The average molecular weight is 277 g/mol. The molecule has 0 unspecified atom stereocenters. The summed E-state index contributed by atoms with van der Waals surface area (Å²) >= 11 is 0. The zero-order valence-electron chi connectivity index (χ0n) is 11.4. The fraction of sp³-hybridized carbons (Fsp3) is 0.0588. The number of carbonyl (C=O) groups excluding carboxylic acids is 1. The monoisotopic (exact) mass is 277 g/mol. The summed E-state index contributed by atoms with van der Waals surface area (Å²) in [5.41, 5.74) is 8.64. The van der Waals surface area contributed by atoms with Gasteiger partial charge in [-0.15, -0.1) is 0 Å². The van der Waals surface area contributed by atoms with E-state index in [0.717, 1.165) is 16.5 Å². The van der Waals surface area contributed by atoms with Gasteiger partial charge >= 0.3 is 0 Å². The van der Waals surface area contributed by atoms with E-state index in [-0.39, 0.29) is 5.91 Å². The molecule has 21 heavy (non-hydrogen) atoms. The number of aromatic nitrogens is 1. The highest BCUT2D eigenvalue weighted by Gasteiger charge is 2.10. The SMILES string of the molecule is Nc1cc(C(=O)NCc2ccccc2)nc2ccccc12. The number of fused-ring (bicyclic) bond motifs is 1. The number of anilines is 1. The van der Waals surface area contributed by atoms with Crippen LogP contribution in [0.15, 0.2) is 60.7 Å². The second-order valence-corrected chi connectivity index (χ2v) is 4.78. The summed E-state index contributed by atoms with van der Waals surface area (Å²) in [5, 5.41) is 3.71. The zero-order chi connectivity index (χ0) is 14.7. The number of pyridine rings is 1. The number of benzene rings is 2. The Balaban J connectivity index is 1.81. The Labute approximate surface area is 122 Å². The van der Waals surface area contributed by atoms with Crippen molar-refractivity contribution in [2.75, 3.05) is 5.73 Å². The van der Waals surface area contributed by atoms with Crippen molar-refractivity contribution in [1.29, 1.82) is 0 Å². The van der Waals surface area contributed by atoms with E-state index in [0.29, 0.717) is 17.9 Å². The molecular formula is C17H15N3O. The summed E-state index contributed by atoms with van der Waals surface area (Å²) in [6, 6.07) is 18.9. The number of nitrogen functional groups attached to an aromatic ring is 1. The Morgan fingerprint density at radius 2 is 1.76 bits per heavy atom. The van der Waals surface area contributed by atoms with Crippen molar-refractivity contribution in [2.45, 2.75) is 6.54 Å². The number of nitrogens with zero attached hydrogens (tertiary/aromatic N) is 1. The molecule has 0 aliphatic carbocycles. The van der Waals surface area contributed by atoms with Crippen molar-refractivity contribution in [1.82, 2.24) is 10.3 Å². The van der Waals surface area contributed by atoms with Gasteiger partial charge in [-0.25, -0.2) is 4.98 Å². The third-order valence-electron chi connectivity index (χ3n) is 3.28. The summed E-state index contributed by atoms with van der Waals surface area (Å²) in [5.74, 6) is -0.226. The van der Waals surface area contributed by atoms with E-state index in [1.807, 2.05) is 54.6 Å². The topological polar surface area (TPSA) is 68.0 Å². The first-order valence-electron chi connectivity index (χ1n) is 6.71. The summed E-state index contributed by atoms with van der Waals surface area (Å²) in [4.78, 5) is 16.5. The first kappa shape index (κ1) is 13.1. The Bertz CT molecular complexity index is 784. The van der Waals surface area contributed by atoms with E-state index < -0.39 is 0 Å². The standard InChI is InChI=1S/C17H15N3O/c18-14-10-16(20-15-9-5-4-8-13(14)15)17(21)19-11-12-6-2-1-3-7-12/h1-10H,11H2,(H2,18,20)(H,19,21). The lowest BCUT2D eigenvalue weighted by Gasteiger charge is -2.07. The maximum absolute atomic E-state index is 12.2. The molecule has 1 heterocycles. The smallest absolute Gasteiger partial charge is 0.270 e. The molecule has 1 amide bonds. The van der Waals surface area contributed by atoms with Crippen molar-refractivity contribution in [3.63, 3.8) is 0 Å². The van der Waals surface area contributed by atoms with Gasteiger partial charge in [0.15, 0.2) is 0 Å². The van der Waals surface area contributed by atoms with Gasteiger partial charge in [0, 0.05) is 17.6 Å². The predicted molar refractivity (Wildman–Crippen MR) is 83.8 cm³/mol. The number of amides is 1. The molecule has 0 atom stereocenters. The largest absolute Gasteiger partial charge is 0.398 e. The number of hydrogen-bond donors (Lipinski definition) is 2. The van der Waals surface area contributed by atoms with Crippen LogP contribution >= 0.6 is 0 Å². The number of nitrogens with two attached hydrogens (primary N) is 1. The molecule has 104 valence electrons. The lowest BCUT2D eigenvalue weighted by Crippen LogP contribution is -2.24. The fourth-order valence-corrected chi connectivity index (χ4v) is 2.19. The molecule has 3 rings (SSSR count). The molecule has 3 N–H and O–H groups in total. The van der Waals surface area contributed by atoms with E-state index in [9.17, 15) is 4.79 Å². The number of nitrogens with one attached hydrogen (secondary N) is 1. The van der Waals surface area contributed by atoms with Crippen LogP contribution in [0, 0.1) is 0 Å². The molecule has 0 spiro atoms. The molecule has 2 aromatic carbocycles. The molecule has 0 saturated heterocycles. The van der Waals surface area contributed by atoms with Crippen molar-refractivity contribution in [3.05, 3.63) is 71.9 Å². The Hall–Kier alpha value is -2.88.